The molecule has 0 aliphatic carbocycles. The van der Waals surface area contributed by atoms with Gasteiger partial charge in [0, 0.05) is 13.1 Å². The smallest absolute Gasteiger partial charge is 0.268 e. The molecule has 2 N–H and O–H groups in total. The van der Waals surface area contributed by atoms with E-state index in [-0.39, 0.29) is 23.4 Å². The number of H-pyrrole nitrogens is 1. The third-order valence-electron chi connectivity index (χ3n) is 3.97. The lowest BCUT2D eigenvalue weighted by molar-refractivity contribution is -0.135. The Morgan fingerprint density at radius 3 is 3.10 bits per heavy atom. The van der Waals surface area contributed by atoms with Gasteiger partial charge in [0.15, 0.2) is 0 Å². The number of aromatic nitrogens is 2. The van der Waals surface area contributed by atoms with E-state index in [1.807, 2.05) is 18.4 Å². The van der Waals surface area contributed by atoms with Gasteiger partial charge in [-0.25, -0.2) is 4.98 Å². The maximum atomic E-state index is 12.4. The molecule has 21 heavy (non-hydrogen) atoms. The molecule has 3 heterocycles. The summed E-state index contributed by atoms with van der Waals surface area (Å²) in [4.78, 5) is 33.2. The largest absolute Gasteiger partial charge is 0.338 e. The third kappa shape index (κ3) is 2.71. The van der Waals surface area contributed by atoms with Crippen LogP contribution in [0.1, 0.15) is 19.2 Å². The Morgan fingerprint density at radius 1 is 1.57 bits per heavy atom. The second-order valence-corrected chi connectivity index (χ2v) is 6.40. The summed E-state index contributed by atoms with van der Waals surface area (Å²) < 4.78 is 0.626. The van der Waals surface area contributed by atoms with E-state index < -0.39 is 0 Å². The number of carbonyl (C=O) groups excluding carboxylic acids is 1. The monoisotopic (exact) mass is 306 g/mol. The van der Waals surface area contributed by atoms with Gasteiger partial charge >= 0.3 is 0 Å². The van der Waals surface area contributed by atoms with Crippen molar-refractivity contribution in [3.63, 3.8) is 0 Å². The van der Waals surface area contributed by atoms with Crippen LogP contribution in [0.3, 0.4) is 0 Å². The Morgan fingerprint density at radius 2 is 2.38 bits per heavy atom. The van der Waals surface area contributed by atoms with Crippen molar-refractivity contribution in [2.24, 2.45) is 5.92 Å². The van der Waals surface area contributed by atoms with Crippen molar-refractivity contribution < 1.29 is 4.79 Å². The van der Waals surface area contributed by atoms with Crippen LogP contribution in [0, 0.1) is 5.92 Å². The molecule has 2 unspecified atom stereocenters. The molecule has 0 saturated carbocycles. The van der Waals surface area contributed by atoms with Crippen molar-refractivity contribution in [1.82, 2.24) is 20.2 Å². The van der Waals surface area contributed by atoms with E-state index in [2.05, 4.69) is 15.3 Å². The predicted molar refractivity (Wildman–Crippen MR) is 82.3 cm³/mol. The van der Waals surface area contributed by atoms with Crippen LogP contribution in [0.15, 0.2) is 16.2 Å². The van der Waals surface area contributed by atoms with Gasteiger partial charge < -0.3 is 15.2 Å². The first kappa shape index (κ1) is 14.2. The quantitative estimate of drug-likeness (QED) is 0.885. The molecular weight excluding hydrogens is 288 g/mol. The topological polar surface area (TPSA) is 78.1 Å². The lowest BCUT2D eigenvalue weighted by Crippen LogP contribution is -2.38. The van der Waals surface area contributed by atoms with E-state index in [0.717, 1.165) is 13.0 Å². The lowest BCUT2D eigenvalue weighted by Gasteiger charge is -2.22. The van der Waals surface area contributed by atoms with Crippen molar-refractivity contribution in [2.45, 2.75) is 25.9 Å². The van der Waals surface area contributed by atoms with Gasteiger partial charge in [-0.05, 0) is 31.3 Å². The number of nitrogens with one attached hydrogen (secondary N) is 2. The van der Waals surface area contributed by atoms with Crippen molar-refractivity contribution in [3.05, 3.63) is 27.6 Å². The fraction of sp³-hybridized carbons (Fsp3) is 0.500. The highest BCUT2D eigenvalue weighted by Gasteiger charge is 2.31. The van der Waals surface area contributed by atoms with Gasteiger partial charge in [0.2, 0.25) is 5.91 Å². The Kier molecular flexibility index (Phi) is 3.77. The third-order valence-corrected chi connectivity index (χ3v) is 4.87. The minimum atomic E-state index is -0.137. The van der Waals surface area contributed by atoms with Gasteiger partial charge in [0.1, 0.15) is 10.5 Å². The van der Waals surface area contributed by atoms with Gasteiger partial charge in [-0.15, -0.1) is 11.3 Å². The zero-order chi connectivity index (χ0) is 15.0. The number of nitrogens with zero attached hydrogens (tertiary/aromatic N) is 2. The van der Waals surface area contributed by atoms with Gasteiger partial charge in [0.25, 0.3) is 5.56 Å². The standard InChI is InChI=1S/C14H18N4O2S/c1-8-9(3-5-15-8)14(20)18(2)7-11-16-10-4-6-21-12(10)13(19)17-11/h4,6,8-9,15H,3,5,7H2,1-2H3,(H,16,17,19). The number of hydrogen-bond donors (Lipinski definition) is 2. The highest BCUT2D eigenvalue weighted by atomic mass is 32.1. The van der Waals surface area contributed by atoms with Gasteiger partial charge in [-0.1, -0.05) is 0 Å². The minimum Gasteiger partial charge on any atom is -0.338 e. The van der Waals surface area contributed by atoms with Crippen LogP contribution in [-0.2, 0) is 11.3 Å². The van der Waals surface area contributed by atoms with Crippen LogP contribution < -0.4 is 10.9 Å². The summed E-state index contributed by atoms with van der Waals surface area (Å²) in [6.45, 7) is 3.23. The molecule has 112 valence electrons. The molecular formula is C14H18N4O2S. The maximum absolute atomic E-state index is 12.4. The molecule has 2 aromatic rings. The Balaban J connectivity index is 1.78. The molecule has 0 bridgehead atoms. The van der Waals surface area contributed by atoms with Crippen LogP contribution >= 0.6 is 11.3 Å². The average molecular weight is 306 g/mol. The summed E-state index contributed by atoms with van der Waals surface area (Å²) in [5, 5.41) is 5.12. The van der Waals surface area contributed by atoms with E-state index in [9.17, 15) is 9.59 Å². The molecule has 0 aromatic carbocycles. The second kappa shape index (κ2) is 5.57. The van der Waals surface area contributed by atoms with Crippen molar-refractivity contribution in [3.8, 4) is 0 Å². The fourth-order valence-electron chi connectivity index (χ4n) is 2.78. The molecule has 1 aliphatic heterocycles. The van der Waals surface area contributed by atoms with Gasteiger partial charge in [0.05, 0.1) is 18.0 Å². The number of hydrogen-bond acceptors (Lipinski definition) is 5. The number of aromatic amines is 1. The lowest BCUT2D eigenvalue weighted by atomic mass is 10.0. The molecule has 2 aromatic heterocycles. The molecule has 3 rings (SSSR count). The summed E-state index contributed by atoms with van der Waals surface area (Å²) in [6.07, 6.45) is 0.859. The Labute approximate surface area is 126 Å². The van der Waals surface area contributed by atoms with Crippen molar-refractivity contribution >= 4 is 27.5 Å². The maximum Gasteiger partial charge on any atom is 0.268 e. The molecule has 1 saturated heterocycles. The first-order chi connectivity index (χ1) is 10.1. The van der Waals surface area contributed by atoms with E-state index >= 15 is 0 Å². The van der Waals surface area contributed by atoms with Crippen LogP contribution in [0.2, 0.25) is 0 Å². The second-order valence-electron chi connectivity index (χ2n) is 5.48. The average Bonchev–Trinajstić information content (AvgIpc) is 3.06. The molecule has 7 heteroatoms. The van der Waals surface area contributed by atoms with E-state index in [1.54, 1.807) is 11.9 Å². The molecule has 1 aliphatic rings. The highest BCUT2D eigenvalue weighted by molar-refractivity contribution is 7.17. The Bertz CT molecular complexity index is 723. The predicted octanol–water partition coefficient (Wildman–Crippen LogP) is 0.941. The number of thiophene rings is 1. The summed E-state index contributed by atoms with van der Waals surface area (Å²) in [7, 11) is 1.76. The van der Waals surface area contributed by atoms with Crippen LogP contribution in [-0.4, -0.2) is 40.4 Å². The zero-order valence-corrected chi connectivity index (χ0v) is 12.9. The van der Waals surface area contributed by atoms with E-state index in [1.165, 1.54) is 11.3 Å². The van der Waals surface area contributed by atoms with Crippen LogP contribution in [0.25, 0.3) is 10.2 Å². The normalized spacial score (nSPS) is 21.8. The van der Waals surface area contributed by atoms with Crippen LogP contribution in [0.4, 0.5) is 0 Å². The minimum absolute atomic E-state index is 0.00611. The van der Waals surface area contributed by atoms with Crippen molar-refractivity contribution in [2.75, 3.05) is 13.6 Å². The number of amides is 1. The molecule has 2 atom stereocenters. The molecule has 6 nitrogen and oxygen atoms in total. The SMILES string of the molecule is CC1NCCC1C(=O)N(C)Cc1nc2ccsc2c(=O)[nH]1. The summed E-state index contributed by atoms with van der Waals surface area (Å²) >= 11 is 1.37. The first-order valence-corrected chi connectivity index (χ1v) is 7.89. The number of fused-ring (bicyclic) bond motifs is 1. The van der Waals surface area contributed by atoms with E-state index in [0.29, 0.717) is 22.6 Å². The van der Waals surface area contributed by atoms with Gasteiger partial charge in [-0.2, -0.15) is 0 Å². The molecule has 1 amide bonds. The number of rotatable bonds is 3. The highest BCUT2D eigenvalue weighted by Crippen LogP contribution is 2.19. The summed E-state index contributed by atoms with van der Waals surface area (Å²) in [6, 6.07) is 2.02. The van der Waals surface area contributed by atoms with Crippen molar-refractivity contribution in [1.29, 1.82) is 0 Å². The Hall–Kier alpha value is -1.73. The fourth-order valence-corrected chi connectivity index (χ4v) is 3.50. The number of carbonyl (C=O) groups is 1. The molecule has 0 radical (unpaired) electrons. The van der Waals surface area contributed by atoms with Crippen LogP contribution in [0.5, 0.6) is 0 Å². The van der Waals surface area contributed by atoms with E-state index in [4.69, 9.17) is 0 Å². The molecule has 0 spiro atoms. The molecule has 1 fully saturated rings. The summed E-state index contributed by atoms with van der Waals surface area (Å²) in [5.41, 5.74) is 0.553. The zero-order valence-electron chi connectivity index (χ0n) is 12.0. The first-order valence-electron chi connectivity index (χ1n) is 7.01. The summed E-state index contributed by atoms with van der Waals surface area (Å²) in [5.74, 6) is 0.632. The van der Waals surface area contributed by atoms with Gasteiger partial charge in [-0.3, -0.25) is 9.59 Å².